The van der Waals surface area contributed by atoms with Crippen LogP contribution in [0.1, 0.15) is 47.1 Å². The van der Waals surface area contributed by atoms with E-state index in [1.54, 1.807) is 12.1 Å². The summed E-state index contributed by atoms with van der Waals surface area (Å²) in [7, 11) is -3.46. The van der Waals surface area contributed by atoms with E-state index in [9.17, 15) is 13.2 Å². The number of fused-ring (bicyclic) bond motifs is 1. The van der Waals surface area contributed by atoms with Crippen LogP contribution in [-0.2, 0) is 22.9 Å². The minimum Gasteiger partial charge on any atom is -0.298 e. The van der Waals surface area contributed by atoms with E-state index in [2.05, 4.69) is 17.2 Å². The third-order valence-corrected chi connectivity index (χ3v) is 8.21. The van der Waals surface area contributed by atoms with Gasteiger partial charge in [-0.2, -0.15) is 4.31 Å². The SMILES string of the molecule is CC1CCc2sc(NC(=O)c3ccc(S(=O)(=O)N4CCCC4)cc3)nc2C1. The third-order valence-electron chi connectivity index (χ3n) is 5.22. The van der Waals surface area contributed by atoms with Crippen molar-refractivity contribution in [1.82, 2.24) is 9.29 Å². The van der Waals surface area contributed by atoms with E-state index in [-0.39, 0.29) is 10.8 Å². The molecule has 27 heavy (non-hydrogen) atoms. The molecule has 8 heteroatoms. The molecule has 1 aromatic carbocycles. The number of carbonyl (C=O) groups excluding carboxylic acids is 1. The molecular weight excluding hydrogens is 382 g/mol. The highest BCUT2D eigenvalue weighted by atomic mass is 32.2. The van der Waals surface area contributed by atoms with Crippen molar-refractivity contribution in [2.45, 2.75) is 43.9 Å². The van der Waals surface area contributed by atoms with Gasteiger partial charge >= 0.3 is 0 Å². The van der Waals surface area contributed by atoms with Gasteiger partial charge in [-0.25, -0.2) is 13.4 Å². The molecule has 2 aromatic rings. The number of nitrogens with one attached hydrogen (secondary N) is 1. The summed E-state index contributed by atoms with van der Waals surface area (Å²) in [4.78, 5) is 18.6. The molecular formula is C19H23N3O3S2. The van der Waals surface area contributed by atoms with Gasteiger partial charge in [-0.1, -0.05) is 6.92 Å². The van der Waals surface area contributed by atoms with Gasteiger partial charge in [0.25, 0.3) is 5.91 Å². The van der Waals surface area contributed by atoms with Crippen LogP contribution in [0.5, 0.6) is 0 Å². The van der Waals surface area contributed by atoms with Crippen molar-refractivity contribution in [3.8, 4) is 0 Å². The number of rotatable bonds is 4. The summed E-state index contributed by atoms with van der Waals surface area (Å²) >= 11 is 1.54. The lowest BCUT2D eigenvalue weighted by Gasteiger charge is -2.15. The summed E-state index contributed by atoms with van der Waals surface area (Å²) in [5, 5.41) is 3.47. The molecule has 1 unspecified atom stereocenters. The monoisotopic (exact) mass is 405 g/mol. The van der Waals surface area contributed by atoms with Crippen molar-refractivity contribution in [3.05, 3.63) is 40.4 Å². The Kier molecular flexibility index (Phi) is 5.05. The average Bonchev–Trinajstić information content (AvgIpc) is 3.31. The first kappa shape index (κ1) is 18.6. The summed E-state index contributed by atoms with van der Waals surface area (Å²) < 4.78 is 26.6. The molecule has 144 valence electrons. The number of aryl methyl sites for hydroxylation is 1. The number of hydrogen-bond donors (Lipinski definition) is 1. The standard InChI is InChI=1S/C19H23N3O3S2/c1-13-4-9-17-16(12-13)20-19(26-17)21-18(23)14-5-7-15(8-6-14)27(24,25)22-10-2-3-11-22/h5-8,13H,2-4,9-12H2,1H3,(H,20,21,23). The van der Waals surface area contributed by atoms with Crippen LogP contribution >= 0.6 is 11.3 Å². The van der Waals surface area contributed by atoms with Crippen LogP contribution in [-0.4, -0.2) is 36.7 Å². The van der Waals surface area contributed by atoms with Crippen LogP contribution in [0, 0.1) is 5.92 Å². The Hall–Kier alpha value is -1.77. The number of aromatic nitrogens is 1. The Morgan fingerprint density at radius 2 is 1.93 bits per heavy atom. The van der Waals surface area contributed by atoms with Crippen LogP contribution in [0.3, 0.4) is 0 Å². The molecule has 1 atom stereocenters. The molecule has 1 saturated heterocycles. The molecule has 1 fully saturated rings. The zero-order valence-electron chi connectivity index (χ0n) is 15.3. The number of hydrogen-bond acceptors (Lipinski definition) is 5. The van der Waals surface area contributed by atoms with Crippen LogP contribution in [0.4, 0.5) is 5.13 Å². The molecule has 0 radical (unpaired) electrons. The summed E-state index contributed by atoms with van der Waals surface area (Å²) in [6, 6.07) is 6.15. The molecule has 4 rings (SSSR count). The highest BCUT2D eigenvalue weighted by Gasteiger charge is 2.27. The van der Waals surface area contributed by atoms with Gasteiger partial charge in [0, 0.05) is 23.5 Å². The van der Waals surface area contributed by atoms with Crippen LogP contribution in [0.15, 0.2) is 29.2 Å². The van der Waals surface area contributed by atoms with Gasteiger partial charge in [-0.05, 0) is 62.3 Å². The molecule has 0 saturated carbocycles. The lowest BCUT2D eigenvalue weighted by molar-refractivity contribution is 0.102. The highest BCUT2D eigenvalue weighted by molar-refractivity contribution is 7.89. The van der Waals surface area contributed by atoms with E-state index in [0.717, 1.165) is 37.8 Å². The maximum Gasteiger partial charge on any atom is 0.257 e. The second kappa shape index (κ2) is 7.33. The van der Waals surface area contributed by atoms with E-state index in [1.165, 1.54) is 32.7 Å². The Labute approximate surface area is 163 Å². The number of nitrogens with zero attached hydrogens (tertiary/aromatic N) is 2. The predicted molar refractivity (Wildman–Crippen MR) is 106 cm³/mol. The number of amides is 1. The van der Waals surface area contributed by atoms with E-state index >= 15 is 0 Å². The Bertz CT molecular complexity index is 945. The largest absolute Gasteiger partial charge is 0.298 e. The molecule has 1 aromatic heterocycles. The van der Waals surface area contributed by atoms with Crippen molar-refractivity contribution in [3.63, 3.8) is 0 Å². The third kappa shape index (κ3) is 3.79. The molecule has 1 N–H and O–H groups in total. The molecule has 1 aliphatic carbocycles. The van der Waals surface area contributed by atoms with E-state index in [0.29, 0.717) is 29.7 Å². The predicted octanol–water partition coefficient (Wildman–Crippen LogP) is 3.30. The first-order chi connectivity index (χ1) is 12.9. The number of carbonyl (C=O) groups is 1. The fourth-order valence-electron chi connectivity index (χ4n) is 3.63. The van der Waals surface area contributed by atoms with E-state index < -0.39 is 10.0 Å². The Morgan fingerprint density at radius 3 is 2.63 bits per heavy atom. The quantitative estimate of drug-likeness (QED) is 0.846. The number of sulfonamides is 1. The Morgan fingerprint density at radius 1 is 1.22 bits per heavy atom. The van der Waals surface area contributed by atoms with Crippen LogP contribution in [0.2, 0.25) is 0 Å². The van der Waals surface area contributed by atoms with Gasteiger partial charge in [0.2, 0.25) is 10.0 Å². The van der Waals surface area contributed by atoms with Gasteiger partial charge in [0.1, 0.15) is 0 Å². The first-order valence-corrected chi connectivity index (χ1v) is 11.6. The van der Waals surface area contributed by atoms with Crippen molar-refractivity contribution < 1.29 is 13.2 Å². The van der Waals surface area contributed by atoms with E-state index in [1.807, 2.05) is 0 Å². The van der Waals surface area contributed by atoms with Crippen molar-refractivity contribution >= 4 is 32.4 Å². The van der Waals surface area contributed by atoms with E-state index in [4.69, 9.17) is 0 Å². The summed E-state index contributed by atoms with van der Waals surface area (Å²) in [6.45, 7) is 3.36. The fourth-order valence-corrected chi connectivity index (χ4v) is 6.14. The molecule has 1 aliphatic heterocycles. The van der Waals surface area contributed by atoms with Gasteiger partial charge in [-0.3, -0.25) is 10.1 Å². The average molecular weight is 406 g/mol. The smallest absolute Gasteiger partial charge is 0.257 e. The first-order valence-electron chi connectivity index (χ1n) is 9.33. The zero-order chi connectivity index (χ0) is 19.0. The highest BCUT2D eigenvalue weighted by Crippen LogP contribution is 2.32. The van der Waals surface area contributed by atoms with Crippen LogP contribution in [0.25, 0.3) is 0 Å². The topological polar surface area (TPSA) is 79.4 Å². The molecule has 6 nitrogen and oxygen atoms in total. The molecule has 2 heterocycles. The van der Waals surface area contributed by atoms with Gasteiger partial charge in [0.15, 0.2) is 5.13 Å². The number of benzene rings is 1. The lowest BCUT2D eigenvalue weighted by Crippen LogP contribution is -2.27. The molecule has 2 aliphatic rings. The fraction of sp³-hybridized carbons (Fsp3) is 0.474. The minimum atomic E-state index is -3.46. The maximum absolute atomic E-state index is 12.6. The normalized spacial score (nSPS) is 20.4. The van der Waals surface area contributed by atoms with Gasteiger partial charge in [-0.15, -0.1) is 11.3 Å². The summed E-state index contributed by atoms with van der Waals surface area (Å²) in [6.07, 6.45) is 4.94. The number of anilines is 1. The number of thiazole rings is 1. The molecule has 0 bridgehead atoms. The second-order valence-electron chi connectivity index (χ2n) is 7.33. The molecule has 0 spiro atoms. The van der Waals surface area contributed by atoms with Gasteiger partial charge in [0.05, 0.1) is 10.6 Å². The molecule has 1 amide bonds. The summed E-state index contributed by atoms with van der Waals surface area (Å²) in [5.41, 5.74) is 1.53. The van der Waals surface area contributed by atoms with Gasteiger partial charge < -0.3 is 0 Å². The lowest BCUT2D eigenvalue weighted by atomic mass is 9.93. The Balaban J connectivity index is 1.47. The second-order valence-corrected chi connectivity index (χ2v) is 10.3. The zero-order valence-corrected chi connectivity index (χ0v) is 16.9. The maximum atomic E-state index is 12.6. The van der Waals surface area contributed by atoms with Crippen molar-refractivity contribution in [2.24, 2.45) is 5.92 Å². The van der Waals surface area contributed by atoms with Crippen LogP contribution < -0.4 is 5.32 Å². The summed E-state index contributed by atoms with van der Waals surface area (Å²) in [5.74, 6) is 0.368. The minimum absolute atomic E-state index is 0.236. The van der Waals surface area contributed by atoms with Crippen molar-refractivity contribution in [2.75, 3.05) is 18.4 Å². The van der Waals surface area contributed by atoms with Crippen molar-refractivity contribution in [1.29, 1.82) is 0 Å².